The van der Waals surface area contributed by atoms with Crippen LogP contribution in [-0.2, 0) is 22.6 Å². The second-order valence-electron chi connectivity index (χ2n) is 3.70. The van der Waals surface area contributed by atoms with Gasteiger partial charge in [-0.1, -0.05) is 12.1 Å². The third-order valence-electron chi connectivity index (χ3n) is 2.46. The summed E-state index contributed by atoms with van der Waals surface area (Å²) in [6.07, 6.45) is 0.298. The number of hydrogen-bond donors (Lipinski definition) is 2. The van der Waals surface area contributed by atoms with Gasteiger partial charge in [-0.2, -0.15) is 0 Å². The van der Waals surface area contributed by atoms with Crippen LogP contribution < -0.4 is 10.5 Å². The molecule has 0 fully saturated rings. The zero-order valence-corrected chi connectivity index (χ0v) is 8.68. The van der Waals surface area contributed by atoms with Crippen molar-refractivity contribution in [2.45, 2.75) is 19.1 Å². The second kappa shape index (κ2) is 4.51. The van der Waals surface area contributed by atoms with Crippen LogP contribution in [0.25, 0.3) is 0 Å². The van der Waals surface area contributed by atoms with E-state index in [1.54, 1.807) is 0 Å². The van der Waals surface area contributed by atoms with Crippen LogP contribution in [0.15, 0.2) is 18.2 Å². The summed E-state index contributed by atoms with van der Waals surface area (Å²) < 4.78 is 10.4. The second-order valence-corrected chi connectivity index (χ2v) is 3.70. The Morgan fingerprint density at radius 2 is 2.38 bits per heavy atom. The van der Waals surface area contributed by atoms with Crippen molar-refractivity contribution in [3.8, 4) is 5.75 Å². The molecule has 86 valence electrons. The first kappa shape index (κ1) is 10.9. The Labute approximate surface area is 92.8 Å². The standard InChI is InChI=1S/C11H13NO4/c12-9(11(13)14)3-7-1-2-8-5-15-6-16-10(8)4-7/h1-2,4,9H,3,5-6,12H2,(H,13,14). The van der Waals surface area contributed by atoms with Gasteiger partial charge in [0.1, 0.15) is 11.8 Å². The van der Waals surface area contributed by atoms with Gasteiger partial charge >= 0.3 is 5.97 Å². The summed E-state index contributed by atoms with van der Waals surface area (Å²) in [5.41, 5.74) is 7.29. The first-order valence-corrected chi connectivity index (χ1v) is 4.97. The zero-order chi connectivity index (χ0) is 11.5. The van der Waals surface area contributed by atoms with Crippen molar-refractivity contribution in [3.05, 3.63) is 29.3 Å². The zero-order valence-electron chi connectivity index (χ0n) is 8.68. The van der Waals surface area contributed by atoms with E-state index in [0.717, 1.165) is 16.9 Å². The molecule has 1 heterocycles. The monoisotopic (exact) mass is 223 g/mol. The minimum Gasteiger partial charge on any atom is -0.480 e. The van der Waals surface area contributed by atoms with E-state index in [1.165, 1.54) is 0 Å². The summed E-state index contributed by atoms with van der Waals surface area (Å²) in [7, 11) is 0. The topological polar surface area (TPSA) is 81.8 Å². The molecule has 1 aliphatic heterocycles. The van der Waals surface area contributed by atoms with Crippen LogP contribution in [0.5, 0.6) is 5.75 Å². The van der Waals surface area contributed by atoms with Gasteiger partial charge in [0.25, 0.3) is 0 Å². The Morgan fingerprint density at radius 3 is 3.12 bits per heavy atom. The molecule has 2 rings (SSSR count). The van der Waals surface area contributed by atoms with Gasteiger partial charge in [0.15, 0.2) is 6.79 Å². The van der Waals surface area contributed by atoms with Crippen LogP contribution in [0.1, 0.15) is 11.1 Å². The normalized spacial score (nSPS) is 16.1. The lowest BCUT2D eigenvalue weighted by Crippen LogP contribution is -2.32. The molecular formula is C11H13NO4. The smallest absolute Gasteiger partial charge is 0.320 e. The number of nitrogens with two attached hydrogens (primary N) is 1. The summed E-state index contributed by atoms with van der Waals surface area (Å²) in [5.74, 6) is -0.247. The molecule has 5 nitrogen and oxygen atoms in total. The van der Waals surface area contributed by atoms with Gasteiger partial charge in [0.05, 0.1) is 6.61 Å². The van der Waals surface area contributed by atoms with Crippen molar-refractivity contribution in [2.24, 2.45) is 5.73 Å². The average Bonchev–Trinajstić information content (AvgIpc) is 2.28. The number of hydrogen-bond acceptors (Lipinski definition) is 4. The molecule has 16 heavy (non-hydrogen) atoms. The predicted molar refractivity (Wildman–Crippen MR) is 56.0 cm³/mol. The molecule has 1 aromatic rings. The van der Waals surface area contributed by atoms with E-state index in [-0.39, 0.29) is 6.79 Å². The summed E-state index contributed by atoms with van der Waals surface area (Å²) in [4.78, 5) is 10.6. The van der Waals surface area contributed by atoms with Crippen molar-refractivity contribution in [2.75, 3.05) is 6.79 Å². The lowest BCUT2D eigenvalue weighted by Gasteiger charge is -2.18. The highest BCUT2D eigenvalue weighted by atomic mass is 16.7. The third kappa shape index (κ3) is 2.32. The molecule has 3 N–H and O–H groups in total. The molecule has 1 atom stereocenters. The Hall–Kier alpha value is -1.59. The fourth-order valence-electron chi connectivity index (χ4n) is 1.58. The Bertz CT molecular complexity index is 405. The number of carbonyl (C=O) groups is 1. The van der Waals surface area contributed by atoms with Gasteiger partial charge in [-0.3, -0.25) is 4.79 Å². The maximum atomic E-state index is 10.6. The number of aliphatic carboxylic acids is 1. The molecule has 0 aliphatic carbocycles. The highest BCUT2D eigenvalue weighted by Crippen LogP contribution is 2.25. The summed E-state index contributed by atoms with van der Waals surface area (Å²) >= 11 is 0. The first-order chi connectivity index (χ1) is 7.66. The van der Waals surface area contributed by atoms with E-state index >= 15 is 0 Å². The minimum absolute atomic E-state index is 0.238. The molecule has 0 saturated carbocycles. The molecule has 1 aliphatic rings. The highest BCUT2D eigenvalue weighted by Gasteiger charge is 2.15. The predicted octanol–water partition coefficient (Wildman–Crippen LogP) is 0.507. The van der Waals surface area contributed by atoms with Gasteiger partial charge in [-0.25, -0.2) is 0 Å². The lowest BCUT2D eigenvalue weighted by molar-refractivity contribution is -0.138. The molecule has 0 saturated heterocycles. The van der Waals surface area contributed by atoms with Crippen LogP contribution >= 0.6 is 0 Å². The molecule has 0 radical (unpaired) electrons. The van der Waals surface area contributed by atoms with E-state index in [2.05, 4.69) is 0 Å². The maximum Gasteiger partial charge on any atom is 0.320 e. The largest absolute Gasteiger partial charge is 0.480 e. The summed E-state index contributed by atoms with van der Waals surface area (Å²) in [5, 5.41) is 8.71. The van der Waals surface area contributed by atoms with Crippen LogP contribution in [-0.4, -0.2) is 23.9 Å². The lowest BCUT2D eigenvalue weighted by atomic mass is 10.0. The molecule has 1 aromatic carbocycles. The van der Waals surface area contributed by atoms with Gasteiger partial charge in [-0.15, -0.1) is 0 Å². The number of fused-ring (bicyclic) bond motifs is 1. The molecule has 0 spiro atoms. The number of benzene rings is 1. The van der Waals surface area contributed by atoms with Crippen molar-refractivity contribution < 1.29 is 19.4 Å². The van der Waals surface area contributed by atoms with E-state index < -0.39 is 12.0 Å². The fraction of sp³-hybridized carbons (Fsp3) is 0.364. The number of ether oxygens (including phenoxy) is 2. The average molecular weight is 223 g/mol. The SMILES string of the molecule is NC(Cc1ccc2c(c1)OCOC2)C(=O)O. The number of rotatable bonds is 3. The van der Waals surface area contributed by atoms with Crippen molar-refractivity contribution in [3.63, 3.8) is 0 Å². The van der Waals surface area contributed by atoms with Crippen molar-refractivity contribution in [1.29, 1.82) is 0 Å². The molecule has 0 bridgehead atoms. The highest BCUT2D eigenvalue weighted by molar-refractivity contribution is 5.73. The third-order valence-corrected chi connectivity index (χ3v) is 2.46. The van der Waals surface area contributed by atoms with E-state index in [1.807, 2.05) is 18.2 Å². The van der Waals surface area contributed by atoms with Crippen molar-refractivity contribution >= 4 is 5.97 Å². The van der Waals surface area contributed by atoms with Gasteiger partial charge in [0.2, 0.25) is 0 Å². The van der Waals surface area contributed by atoms with Crippen molar-refractivity contribution in [1.82, 2.24) is 0 Å². The first-order valence-electron chi connectivity index (χ1n) is 4.97. The Morgan fingerprint density at radius 1 is 1.56 bits per heavy atom. The molecule has 5 heteroatoms. The van der Waals surface area contributed by atoms with Gasteiger partial charge < -0.3 is 20.3 Å². The summed E-state index contributed by atoms with van der Waals surface area (Å²) in [6.45, 7) is 0.766. The van der Waals surface area contributed by atoms with E-state index in [9.17, 15) is 4.79 Å². The maximum absolute atomic E-state index is 10.6. The van der Waals surface area contributed by atoms with Crippen LogP contribution in [0.3, 0.4) is 0 Å². The van der Waals surface area contributed by atoms with E-state index in [4.69, 9.17) is 20.3 Å². The van der Waals surface area contributed by atoms with Gasteiger partial charge in [0, 0.05) is 5.56 Å². The molecule has 0 aromatic heterocycles. The number of carboxylic acid groups (broad SMARTS) is 1. The van der Waals surface area contributed by atoms with E-state index in [0.29, 0.717) is 13.0 Å². The summed E-state index contributed by atoms with van der Waals surface area (Å²) in [6, 6.07) is 4.66. The number of carboxylic acids is 1. The van der Waals surface area contributed by atoms with Crippen LogP contribution in [0.2, 0.25) is 0 Å². The minimum atomic E-state index is -0.998. The quantitative estimate of drug-likeness (QED) is 0.780. The molecule has 0 amide bonds. The molecule has 1 unspecified atom stereocenters. The van der Waals surface area contributed by atoms with Crippen LogP contribution in [0.4, 0.5) is 0 Å². The van der Waals surface area contributed by atoms with Crippen LogP contribution in [0, 0.1) is 0 Å². The Kier molecular flexibility index (Phi) is 3.07. The fourth-order valence-corrected chi connectivity index (χ4v) is 1.58. The molecular weight excluding hydrogens is 210 g/mol. The Balaban J connectivity index is 2.14. The van der Waals surface area contributed by atoms with Gasteiger partial charge in [-0.05, 0) is 18.1 Å².